The number of halogens is 3. The van der Waals surface area contributed by atoms with E-state index in [2.05, 4.69) is 22.9 Å². The summed E-state index contributed by atoms with van der Waals surface area (Å²) >= 11 is 3.32. The predicted molar refractivity (Wildman–Crippen MR) is 88.1 cm³/mol. The first-order valence-corrected chi connectivity index (χ1v) is 9.39. The molecule has 0 aliphatic carbocycles. The number of nitrogens with zero attached hydrogens (tertiary/aromatic N) is 1. The molecule has 0 rings (SSSR count). The van der Waals surface area contributed by atoms with Crippen LogP contribution >= 0.6 is 15.9 Å². The Morgan fingerprint density at radius 1 is 0.800 bits per heavy atom. The number of rotatable bonds is 15. The molecule has 0 atom stereocenters. The van der Waals surface area contributed by atoms with Crippen molar-refractivity contribution in [1.82, 2.24) is 4.90 Å². The zero-order valence-corrected chi connectivity index (χ0v) is 14.6. The second-order valence-electron chi connectivity index (χ2n) is 5.56. The standard InChI is InChI=1S/C16H32BrF2N/c1-2-3-4-5-6-7-8-9-10-11-13-20(14-12-17)15-16(18)19/h16H,2-15H2,1H3. The summed E-state index contributed by atoms with van der Waals surface area (Å²) in [5.41, 5.74) is 0. The van der Waals surface area contributed by atoms with Gasteiger partial charge in [0.2, 0.25) is 0 Å². The van der Waals surface area contributed by atoms with E-state index in [0.29, 0.717) is 0 Å². The topological polar surface area (TPSA) is 3.24 Å². The maximum atomic E-state index is 12.4. The summed E-state index contributed by atoms with van der Waals surface area (Å²) in [5, 5.41) is 0.775. The summed E-state index contributed by atoms with van der Waals surface area (Å²) in [4.78, 5) is 1.87. The number of unbranched alkanes of at least 4 members (excludes halogenated alkanes) is 9. The lowest BCUT2D eigenvalue weighted by molar-refractivity contribution is 0.0905. The summed E-state index contributed by atoms with van der Waals surface area (Å²) in [6, 6.07) is 0. The highest BCUT2D eigenvalue weighted by molar-refractivity contribution is 9.09. The molecule has 20 heavy (non-hydrogen) atoms. The van der Waals surface area contributed by atoms with E-state index in [1.165, 1.54) is 57.8 Å². The Kier molecular flexibility index (Phi) is 15.9. The van der Waals surface area contributed by atoms with Gasteiger partial charge in [-0.3, -0.25) is 4.90 Å². The first-order valence-electron chi connectivity index (χ1n) is 8.27. The molecule has 0 aliphatic rings. The molecule has 0 heterocycles. The first-order chi connectivity index (χ1) is 9.70. The fraction of sp³-hybridized carbons (Fsp3) is 1.00. The molecule has 0 spiro atoms. The second-order valence-corrected chi connectivity index (χ2v) is 6.36. The van der Waals surface area contributed by atoms with Crippen molar-refractivity contribution in [1.29, 1.82) is 0 Å². The van der Waals surface area contributed by atoms with E-state index in [1.807, 2.05) is 4.90 Å². The van der Waals surface area contributed by atoms with Gasteiger partial charge in [0.25, 0.3) is 6.43 Å². The molecular formula is C16H32BrF2N. The quantitative estimate of drug-likeness (QED) is 0.262. The SMILES string of the molecule is CCCCCCCCCCCCN(CCBr)CC(F)F. The van der Waals surface area contributed by atoms with Crippen LogP contribution in [0.25, 0.3) is 0 Å². The lowest BCUT2D eigenvalue weighted by Gasteiger charge is -2.20. The van der Waals surface area contributed by atoms with Crippen LogP contribution in [-0.2, 0) is 0 Å². The van der Waals surface area contributed by atoms with Crippen molar-refractivity contribution in [3.05, 3.63) is 0 Å². The van der Waals surface area contributed by atoms with Crippen molar-refractivity contribution >= 4 is 15.9 Å². The van der Waals surface area contributed by atoms with E-state index in [9.17, 15) is 8.78 Å². The van der Waals surface area contributed by atoms with Crippen LogP contribution in [-0.4, -0.2) is 36.3 Å². The van der Waals surface area contributed by atoms with Crippen LogP contribution in [0.3, 0.4) is 0 Å². The Bertz CT molecular complexity index is 191. The van der Waals surface area contributed by atoms with Crippen LogP contribution in [0.4, 0.5) is 8.78 Å². The Labute approximate surface area is 132 Å². The van der Waals surface area contributed by atoms with Crippen LogP contribution < -0.4 is 0 Å². The molecular weight excluding hydrogens is 324 g/mol. The lowest BCUT2D eigenvalue weighted by atomic mass is 10.1. The van der Waals surface area contributed by atoms with Gasteiger partial charge < -0.3 is 0 Å². The second kappa shape index (κ2) is 15.7. The van der Waals surface area contributed by atoms with Gasteiger partial charge in [0.1, 0.15) is 0 Å². The lowest BCUT2D eigenvalue weighted by Crippen LogP contribution is -2.31. The molecule has 122 valence electrons. The Hall–Kier alpha value is 0.300. The molecule has 0 aromatic carbocycles. The molecule has 0 unspecified atom stereocenters. The van der Waals surface area contributed by atoms with Crippen LogP contribution in [0.15, 0.2) is 0 Å². The molecule has 4 heteroatoms. The average molecular weight is 356 g/mol. The van der Waals surface area contributed by atoms with Gasteiger partial charge in [0, 0.05) is 11.9 Å². The van der Waals surface area contributed by atoms with E-state index in [4.69, 9.17) is 0 Å². The molecule has 0 saturated carbocycles. The summed E-state index contributed by atoms with van der Waals surface area (Å²) in [6.45, 7) is 3.70. The predicted octanol–water partition coefficient (Wildman–Crippen LogP) is 5.87. The zero-order valence-electron chi connectivity index (χ0n) is 13.1. The first kappa shape index (κ1) is 20.3. The molecule has 0 aromatic heterocycles. The minimum absolute atomic E-state index is 0.0803. The van der Waals surface area contributed by atoms with Crippen LogP contribution in [0.2, 0.25) is 0 Å². The fourth-order valence-corrected chi connectivity index (χ4v) is 2.93. The summed E-state index contributed by atoms with van der Waals surface area (Å²) in [6.07, 6.45) is 10.7. The van der Waals surface area contributed by atoms with Crippen molar-refractivity contribution in [3.63, 3.8) is 0 Å². The Morgan fingerprint density at radius 2 is 1.30 bits per heavy atom. The highest BCUT2D eigenvalue weighted by Crippen LogP contribution is 2.11. The van der Waals surface area contributed by atoms with Crippen molar-refractivity contribution in [2.45, 2.75) is 77.6 Å². The number of hydrogen-bond donors (Lipinski definition) is 0. The molecule has 1 nitrogen and oxygen atoms in total. The fourth-order valence-electron chi connectivity index (χ4n) is 2.43. The third-order valence-corrected chi connectivity index (χ3v) is 3.98. The largest absolute Gasteiger partial charge is 0.297 e. The van der Waals surface area contributed by atoms with E-state index in [0.717, 1.165) is 24.8 Å². The van der Waals surface area contributed by atoms with Crippen molar-refractivity contribution in [2.24, 2.45) is 0 Å². The van der Waals surface area contributed by atoms with Gasteiger partial charge >= 0.3 is 0 Å². The molecule has 0 amide bonds. The molecule has 0 fully saturated rings. The van der Waals surface area contributed by atoms with Gasteiger partial charge in [0.05, 0.1) is 6.54 Å². The minimum Gasteiger partial charge on any atom is -0.297 e. The van der Waals surface area contributed by atoms with Gasteiger partial charge in [-0.2, -0.15) is 0 Å². The Morgan fingerprint density at radius 3 is 1.75 bits per heavy atom. The van der Waals surface area contributed by atoms with Crippen molar-refractivity contribution in [2.75, 3.05) is 25.0 Å². The van der Waals surface area contributed by atoms with Crippen molar-refractivity contribution in [3.8, 4) is 0 Å². The monoisotopic (exact) mass is 355 g/mol. The van der Waals surface area contributed by atoms with Gasteiger partial charge in [-0.25, -0.2) is 8.78 Å². The summed E-state index contributed by atoms with van der Waals surface area (Å²) < 4.78 is 24.7. The minimum atomic E-state index is -2.21. The number of hydrogen-bond acceptors (Lipinski definition) is 1. The van der Waals surface area contributed by atoms with E-state index in [-0.39, 0.29) is 6.54 Å². The van der Waals surface area contributed by atoms with E-state index in [1.54, 1.807) is 0 Å². The average Bonchev–Trinajstić information content (AvgIpc) is 2.40. The molecule has 0 aromatic rings. The van der Waals surface area contributed by atoms with Gasteiger partial charge in [-0.05, 0) is 13.0 Å². The zero-order chi connectivity index (χ0) is 15.1. The molecule has 0 saturated heterocycles. The summed E-state index contributed by atoms with van der Waals surface area (Å²) in [5.74, 6) is 0. The molecule has 0 aliphatic heterocycles. The van der Waals surface area contributed by atoms with Crippen molar-refractivity contribution < 1.29 is 8.78 Å². The molecule has 0 radical (unpaired) electrons. The molecule has 0 bridgehead atoms. The molecule has 0 N–H and O–H groups in total. The van der Waals surface area contributed by atoms with Gasteiger partial charge in [-0.15, -0.1) is 0 Å². The smallest absolute Gasteiger partial charge is 0.251 e. The van der Waals surface area contributed by atoms with Crippen LogP contribution in [0.1, 0.15) is 71.1 Å². The highest BCUT2D eigenvalue weighted by atomic mass is 79.9. The van der Waals surface area contributed by atoms with Crippen LogP contribution in [0.5, 0.6) is 0 Å². The highest BCUT2D eigenvalue weighted by Gasteiger charge is 2.10. The Balaban J connectivity index is 3.31. The summed E-state index contributed by atoms with van der Waals surface area (Å²) in [7, 11) is 0. The third kappa shape index (κ3) is 14.7. The van der Waals surface area contributed by atoms with E-state index < -0.39 is 6.43 Å². The van der Waals surface area contributed by atoms with E-state index >= 15 is 0 Å². The van der Waals surface area contributed by atoms with Crippen LogP contribution in [0, 0.1) is 0 Å². The third-order valence-electron chi connectivity index (χ3n) is 3.62. The number of alkyl halides is 3. The van der Waals surface area contributed by atoms with Gasteiger partial charge in [-0.1, -0.05) is 80.6 Å². The maximum absolute atomic E-state index is 12.4. The normalized spacial score (nSPS) is 11.7. The maximum Gasteiger partial charge on any atom is 0.251 e. The van der Waals surface area contributed by atoms with Gasteiger partial charge in [0.15, 0.2) is 0 Å².